The summed E-state index contributed by atoms with van der Waals surface area (Å²) in [6.45, 7) is 5.03. The highest BCUT2D eigenvalue weighted by Crippen LogP contribution is 1.96. The number of hydrogen-bond donors (Lipinski definition) is 0. The van der Waals surface area contributed by atoms with Crippen molar-refractivity contribution in [1.82, 2.24) is 0 Å². The van der Waals surface area contributed by atoms with Crippen molar-refractivity contribution in [3.8, 4) is 0 Å². The van der Waals surface area contributed by atoms with Gasteiger partial charge in [-0.05, 0) is 26.7 Å². The second kappa shape index (κ2) is 6.56. The van der Waals surface area contributed by atoms with Crippen molar-refractivity contribution < 1.29 is 4.74 Å². The Kier molecular flexibility index (Phi) is 6.88. The van der Waals surface area contributed by atoms with Crippen LogP contribution in [0, 0.1) is 0 Å². The standard InChI is InChI=1S/C7H15BrO/c1-7(2)9-6-4-3-5-8/h7H,3-6H2,1-2H3. The zero-order valence-corrected chi connectivity index (χ0v) is 7.78. The van der Waals surface area contributed by atoms with Gasteiger partial charge in [-0.15, -0.1) is 0 Å². The van der Waals surface area contributed by atoms with E-state index in [0.717, 1.165) is 11.9 Å². The summed E-state index contributed by atoms with van der Waals surface area (Å²) < 4.78 is 5.32. The molecule has 9 heavy (non-hydrogen) atoms. The fourth-order valence-corrected chi connectivity index (χ4v) is 0.912. The van der Waals surface area contributed by atoms with Crippen LogP contribution >= 0.6 is 15.9 Å². The zero-order chi connectivity index (χ0) is 7.11. The number of ether oxygens (including phenoxy) is 1. The smallest absolute Gasteiger partial charge is 0.0518 e. The fourth-order valence-electron chi connectivity index (χ4n) is 0.516. The first-order valence-corrected chi connectivity index (χ1v) is 4.57. The van der Waals surface area contributed by atoms with Crippen LogP contribution in [-0.2, 0) is 4.74 Å². The molecule has 1 nitrogen and oxygen atoms in total. The molecule has 0 aromatic rings. The third-order valence-electron chi connectivity index (χ3n) is 0.979. The summed E-state index contributed by atoms with van der Waals surface area (Å²) in [4.78, 5) is 0. The summed E-state index contributed by atoms with van der Waals surface area (Å²) in [5, 5.41) is 1.09. The van der Waals surface area contributed by atoms with Gasteiger partial charge in [-0.2, -0.15) is 0 Å². The highest BCUT2D eigenvalue weighted by atomic mass is 79.9. The van der Waals surface area contributed by atoms with Gasteiger partial charge in [0.05, 0.1) is 6.10 Å². The maximum absolute atomic E-state index is 5.32. The maximum atomic E-state index is 5.32. The molecule has 0 unspecified atom stereocenters. The van der Waals surface area contributed by atoms with Gasteiger partial charge in [0, 0.05) is 11.9 Å². The third kappa shape index (κ3) is 8.44. The maximum Gasteiger partial charge on any atom is 0.0518 e. The van der Waals surface area contributed by atoms with Gasteiger partial charge < -0.3 is 4.74 Å². The normalized spacial score (nSPS) is 10.7. The van der Waals surface area contributed by atoms with Gasteiger partial charge >= 0.3 is 0 Å². The number of alkyl halides is 1. The van der Waals surface area contributed by atoms with E-state index in [0.29, 0.717) is 6.10 Å². The van der Waals surface area contributed by atoms with Crippen molar-refractivity contribution in [3.05, 3.63) is 0 Å². The number of hydrogen-bond acceptors (Lipinski definition) is 1. The molecule has 0 saturated carbocycles. The van der Waals surface area contributed by atoms with Crippen molar-refractivity contribution in [2.45, 2.75) is 32.8 Å². The summed E-state index contributed by atoms with van der Waals surface area (Å²) in [5.74, 6) is 0. The highest BCUT2D eigenvalue weighted by molar-refractivity contribution is 9.09. The Labute approximate surface area is 65.9 Å². The van der Waals surface area contributed by atoms with E-state index in [-0.39, 0.29) is 0 Å². The topological polar surface area (TPSA) is 9.23 Å². The molecule has 0 radical (unpaired) electrons. The van der Waals surface area contributed by atoms with E-state index >= 15 is 0 Å². The molecule has 0 spiro atoms. The third-order valence-corrected chi connectivity index (χ3v) is 1.54. The van der Waals surface area contributed by atoms with Gasteiger partial charge in [0.2, 0.25) is 0 Å². The summed E-state index contributed by atoms with van der Waals surface area (Å²) in [6, 6.07) is 0. The van der Waals surface area contributed by atoms with Gasteiger partial charge in [-0.3, -0.25) is 0 Å². The first-order chi connectivity index (χ1) is 4.27. The molecule has 0 amide bonds. The molecule has 0 aliphatic carbocycles. The Hall–Kier alpha value is 0.440. The van der Waals surface area contributed by atoms with Crippen LogP contribution < -0.4 is 0 Å². The van der Waals surface area contributed by atoms with E-state index in [1.165, 1.54) is 12.8 Å². The first-order valence-electron chi connectivity index (χ1n) is 3.45. The molecule has 0 saturated heterocycles. The zero-order valence-electron chi connectivity index (χ0n) is 6.19. The van der Waals surface area contributed by atoms with Crippen LogP contribution in [0.5, 0.6) is 0 Å². The van der Waals surface area contributed by atoms with Crippen LogP contribution in [0.4, 0.5) is 0 Å². The van der Waals surface area contributed by atoms with Crippen LogP contribution in [0.1, 0.15) is 26.7 Å². The van der Waals surface area contributed by atoms with E-state index in [1.807, 2.05) is 0 Å². The minimum Gasteiger partial charge on any atom is -0.379 e. The molecule has 0 heterocycles. The first kappa shape index (κ1) is 9.44. The van der Waals surface area contributed by atoms with Gasteiger partial charge in [-0.1, -0.05) is 15.9 Å². The Morgan fingerprint density at radius 3 is 2.44 bits per heavy atom. The largest absolute Gasteiger partial charge is 0.379 e. The molecule has 0 aliphatic heterocycles. The molecule has 0 atom stereocenters. The van der Waals surface area contributed by atoms with E-state index in [2.05, 4.69) is 29.8 Å². The van der Waals surface area contributed by atoms with Crippen molar-refractivity contribution in [2.75, 3.05) is 11.9 Å². The van der Waals surface area contributed by atoms with Gasteiger partial charge in [0.25, 0.3) is 0 Å². The van der Waals surface area contributed by atoms with Crippen LogP contribution in [-0.4, -0.2) is 18.0 Å². The second-order valence-electron chi connectivity index (χ2n) is 2.32. The second-order valence-corrected chi connectivity index (χ2v) is 3.11. The summed E-state index contributed by atoms with van der Waals surface area (Å²) in [7, 11) is 0. The molecule has 0 rings (SSSR count). The monoisotopic (exact) mass is 194 g/mol. The van der Waals surface area contributed by atoms with Crippen molar-refractivity contribution >= 4 is 15.9 Å². The fraction of sp³-hybridized carbons (Fsp3) is 1.00. The lowest BCUT2D eigenvalue weighted by Gasteiger charge is -2.05. The summed E-state index contributed by atoms with van der Waals surface area (Å²) in [5.41, 5.74) is 0. The predicted octanol–water partition coefficient (Wildman–Crippen LogP) is 2.59. The van der Waals surface area contributed by atoms with Crippen LogP contribution in [0.3, 0.4) is 0 Å². The molecule has 0 aromatic carbocycles. The molecular weight excluding hydrogens is 180 g/mol. The summed E-state index contributed by atoms with van der Waals surface area (Å²) in [6.07, 6.45) is 2.77. The Balaban J connectivity index is 2.75. The summed E-state index contributed by atoms with van der Waals surface area (Å²) >= 11 is 3.36. The predicted molar refractivity (Wildman–Crippen MR) is 44.1 cm³/mol. The van der Waals surface area contributed by atoms with Crippen LogP contribution in [0.25, 0.3) is 0 Å². The van der Waals surface area contributed by atoms with Crippen LogP contribution in [0.15, 0.2) is 0 Å². The Morgan fingerprint density at radius 2 is 2.00 bits per heavy atom. The molecule has 0 bridgehead atoms. The highest BCUT2D eigenvalue weighted by Gasteiger charge is 1.90. The molecule has 0 fully saturated rings. The van der Waals surface area contributed by atoms with E-state index in [1.54, 1.807) is 0 Å². The molecule has 2 heteroatoms. The lowest BCUT2D eigenvalue weighted by atomic mass is 10.3. The molecule has 56 valence electrons. The van der Waals surface area contributed by atoms with E-state index in [9.17, 15) is 0 Å². The average molecular weight is 195 g/mol. The number of rotatable bonds is 5. The number of unbranched alkanes of at least 4 members (excludes halogenated alkanes) is 1. The van der Waals surface area contributed by atoms with Crippen molar-refractivity contribution in [3.63, 3.8) is 0 Å². The van der Waals surface area contributed by atoms with Gasteiger partial charge in [-0.25, -0.2) is 0 Å². The lowest BCUT2D eigenvalue weighted by Crippen LogP contribution is -2.03. The molecule has 0 aliphatic rings. The number of halogens is 1. The van der Waals surface area contributed by atoms with Crippen molar-refractivity contribution in [2.24, 2.45) is 0 Å². The van der Waals surface area contributed by atoms with Crippen molar-refractivity contribution in [1.29, 1.82) is 0 Å². The molecule has 0 N–H and O–H groups in total. The van der Waals surface area contributed by atoms with Gasteiger partial charge in [0.15, 0.2) is 0 Å². The Bertz CT molecular complexity index is 54.9. The van der Waals surface area contributed by atoms with Gasteiger partial charge in [0.1, 0.15) is 0 Å². The molecular formula is C7H15BrO. The quantitative estimate of drug-likeness (QED) is 0.484. The minimum absolute atomic E-state index is 0.389. The van der Waals surface area contributed by atoms with E-state index < -0.39 is 0 Å². The van der Waals surface area contributed by atoms with Crippen LogP contribution in [0.2, 0.25) is 0 Å². The average Bonchev–Trinajstić information content (AvgIpc) is 1.80. The lowest BCUT2D eigenvalue weighted by molar-refractivity contribution is 0.0769. The molecule has 0 aromatic heterocycles. The Morgan fingerprint density at radius 1 is 1.33 bits per heavy atom. The minimum atomic E-state index is 0.389. The SMILES string of the molecule is CC(C)OCCCCBr. The van der Waals surface area contributed by atoms with E-state index in [4.69, 9.17) is 4.74 Å².